The number of likely N-dealkylation sites (tertiary alicyclic amines) is 1. The van der Waals surface area contributed by atoms with Gasteiger partial charge in [-0.05, 0) is 48.3 Å². The first-order valence-corrected chi connectivity index (χ1v) is 7.38. The molecule has 2 atom stereocenters. The Labute approximate surface area is 120 Å². The SMILES string of the molecule is CC1(C)CC2CC(C)(CN2C(=O)c2cccc(O)c2)C1. The van der Waals surface area contributed by atoms with E-state index in [1.807, 2.05) is 4.90 Å². The molecule has 1 heterocycles. The Bertz CT molecular complexity index is 552. The molecule has 0 spiro atoms. The highest BCUT2D eigenvalue weighted by Gasteiger charge is 2.50. The average molecular weight is 273 g/mol. The topological polar surface area (TPSA) is 40.5 Å². The minimum Gasteiger partial charge on any atom is -0.508 e. The molecule has 1 N–H and O–H groups in total. The molecule has 1 aliphatic carbocycles. The van der Waals surface area contributed by atoms with Crippen molar-refractivity contribution in [3.05, 3.63) is 29.8 Å². The van der Waals surface area contributed by atoms with E-state index < -0.39 is 0 Å². The van der Waals surface area contributed by atoms with Crippen LogP contribution >= 0.6 is 0 Å². The van der Waals surface area contributed by atoms with Gasteiger partial charge in [0.15, 0.2) is 0 Å². The summed E-state index contributed by atoms with van der Waals surface area (Å²) in [6.45, 7) is 7.76. The zero-order chi connectivity index (χ0) is 14.5. The minimum absolute atomic E-state index is 0.0623. The molecule has 0 radical (unpaired) electrons. The third-order valence-corrected chi connectivity index (χ3v) is 4.77. The summed E-state index contributed by atoms with van der Waals surface area (Å²) in [6.07, 6.45) is 3.37. The van der Waals surface area contributed by atoms with Gasteiger partial charge in [0.1, 0.15) is 5.75 Å². The van der Waals surface area contributed by atoms with Crippen LogP contribution in [0.15, 0.2) is 24.3 Å². The molecule has 1 amide bonds. The van der Waals surface area contributed by atoms with Gasteiger partial charge in [0, 0.05) is 18.2 Å². The lowest BCUT2D eigenvalue weighted by Gasteiger charge is -2.39. The molecular weight excluding hydrogens is 250 g/mol. The summed E-state index contributed by atoms with van der Waals surface area (Å²) in [7, 11) is 0. The third-order valence-electron chi connectivity index (χ3n) is 4.77. The lowest BCUT2D eigenvalue weighted by Crippen LogP contribution is -2.37. The molecule has 1 saturated carbocycles. The number of benzene rings is 1. The average Bonchev–Trinajstić information content (AvgIpc) is 2.57. The Morgan fingerprint density at radius 2 is 2.05 bits per heavy atom. The van der Waals surface area contributed by atoms with E-state index in [2.05, 4.69) is 20.8 Å². The van der Waals surface area contributed by atoms with Crippen LogP contribution in [-0.4, -0.2) is 28.5 Å². The van der Waals surface area contributed by atoms with E-state index in [0.717, 1.165) is 19.4 Å². The molecular formula is C17H23NO2. The Kier molecular flexibility index (Phi) is 2.86. The normalized spacial score (nSPS) is 31.4. The van der Waals surface area contributed by atoms with Crippen LogP contribution in [0, 0.1) is 10.8 Å². The van der Waals surface area contributed by atoms with Crippen LogP contribution in [0.4, 0.5) is 0 Å². The van der Waals surface area contributed by atoms with Crippen molar-refractivity contribution in [3.63, 3.8) is 0 Å². The minimum atomic E-state index is 0.0623. The number of rotatable bonds is 1. The number of fused-ring (bicyclic) bond motifs is 2. The number of hydrogen-bond donors (Lipinski definition) is 1. The monoisotopic (exact) mass is 273 g/mol. The van der Waals surface area contributed by atoms with E-state index in [0.29, 0.717) is 17.0 Å². The second-order valence-corrected chi connectivity index (χ2v) is 7.70. The smallest absolute Gasteiger partial charge is 0.254 e. The van der Waals surface area contributed by atoms with Gasteiger partial charge in [-0.1, -0.05) is 26.8 Å². The fourth-order valence-electron chi connectivity index (χ4n) is 4.50. The van der Waals surface area contributed by atoms with E-state index in [-0.39, 0.29) is 17.1 Å². The van der Waals surface area contributed by atoms with Gasteiger partial charge in [0.2, 0.25) is 0 Å². The summed E-state index contributed by atoms with van der Waals surface area (Å²) in [5.41, 5.74) is 1.16. The van der Waals surface area contributed by atoms with Crippen molar-refractivity contribution in [1.82, 2.24) is 4.90 Å². The molecule has 20 heavy (non-hydrogen) atoms. The van der Waals surface area contributed by atoms with Crippen molar-refractivity contribution < 1.29 is 9.90 Å². The maximum Gasteiger partial charge on any atom is 0.254 e. The molecule has 1 aliphatic heterocycles. The van der Waals surface area contributed by atoms with Gasteiger partial charge in [-0.15, -0.1) is 0 Å². The van der Waals surface area contributed by atoms with E-state index in [1.165, 1.54) is 6.42 Å². The molecule has 3 nitrogen and oxygen atoms in total. The van der Waals surface area contributed by atoms with Crippen LogP contribution in [0.1, 0.15) is 50.4 Å². The molecule has 2 bridgehead atoms. The highest BCUT2D eigenvalue weighted by molar-refractivity contribution is 5.95. The number of carbonyl (C=O) groups is 1. The zero-order valence-electron chi connectivity index (χ0n) is 12.5. The van der Waals surface area contributed by atoms with Gasteiger partial charge in [0.25, 0.3) is 5.91 Å². The first kappa shape index (κ1) is 13.5. The van der Waals surface area contributed by atoms with Crippen LogP contribution in [0.5, 0.6) is 5.75 Å². The predicted octanol–water partition coefficient (Wildman–Crippen LogP) is 3.43. The number of carbonyl (C=O) groups excluding carboxylic acids is 1. The lowest BCUT2D eigenvalue weighted by molar-refractivity contribution is 0.0708. The second kappa shape index (κ2) is 4.24. The van der Waals surface area contributed by atoms with Crippen molar-refractivity contribution >= 4 is 5.91 Å². The molecule has 2 fully saturated rings. The molecule has 1 saturated heterocycles. The van der Waals surface area contributed by atoms with E-state index in [4.69, 9.17) is 0 Å². The number of phenolic OH excluding ortho intramolecular Hbond substituents is 1. The van der Waals surface area contributed by atoms with Crippen LogP contribution < -0.4 is 0 Å². The Balaban J connectivity index is 1.87. The number of phenols is 1. The van der Waals surface area contributed by atoms with Gasteiger partial charge in [0.05, 0.1) is 0 Å². The Morgan fingerprint density at radius 3 is 2.75 bits per heavy atom. The fraction of sp³-hybridized carbons (Fsp3) is 0.588. The fourth-order valence-corrected chi connectivity index (χ4v) is 4.50. The van der Waals surface area contributed by atoms with Crippen molar-refractivity contribution in [3.8, 4) is 5.75 Å². The predicted molar refractivity (Wildman–Crippen MR) is 78.7 cm³/mol. The maximum atomic E-state index is 12.7. The summed E-state index contributed by atoms with van der Waals surface area (Å²) in [5.74, 6) is 0.219. The molecule has 108 valence electrons. The van der Waals surface area contributed by atoms with E-state index in [1.54, 1.807) is 24.3 Å². The standard InChI is InChI=1S/C17H23NO2/c1-16(2)8-13-9-17(3,10-16)11-18(13)15(20)12-5-4-6-14(19)7-12/h4-7,13,19H,8-11H2,1-3H3. The molecule has 1 aromatic carbocycles. The van der Waals surface area contributed by atoms with Crippen LogP contribution in [-0.2, 0) is 0 Å². The van der Waals surface area contributed by atoms with Crippen LogP contribution in [0.3, 0.4) is 0 Å². The molecule has 0 aromatic heterocycles. The van der Waals surface area contributed by atoms with Crippen molar-refractivity contribution in [2.24, 2.45) is 10.8 Å². The molecule has 3 rings (SSSR count). The summed E-state index contributed by atoms with van der Waals surface area (Å²) in [5, 5.41) is 9.56. The molecule has 2 aliphatic rings. The summed E-state index contributed by atoms with van der Waals surface area (Å²) < 4.78 is 0. The van der Waals surface area contributed by atoms with Crippen LogP contribution in [0.25, 0.3) is 0 Å². The van der Waals surface area contributed by atoms with Gasteiger partial charge in [-0.2, -0.15) is 0 Å². The molecule has 2 unspecified atom stereocenters. The van der Waals surface area contributed by atoms with Gasteiger partial charge >= 0.3 is 0 Å². The van der Waals surface area contributed by atoms with Crippen molar-refractivity contribution in [2.45, 2.75) is 46.1 Å². The van der Waals surface area contributed by atoms with Crippen molar-refractivity contribution in [2.75, 3.05) is 6.54 Å². The summed E-state index contributed by atoms with van der Waals surface area (Å²) >= 11 is 0. The lowest BCUT2D eigenvalue weighted by atomic mass is 9.65. The summed E-state index contributed by atoms with van der Waals surface area (Å²) in [4.78, 5) is 14.7. The van der Waals surface area contributed by atoms with Crippen molar-refractivity contribution in [1.29, 1.82) is 0 Å². The number of aromatic hydroxyl groups is 1. The highest BCUT2D eigenvalue weighted by atomic mass is 16.3. The maximum absolute atomic E-state index is 12.7. The Hall–Kier alpha value is -1.51. The zero-order valence-corrected chi connectivity index (χ0v) is 12.5. The van der Waals surface area contributed by atoms with E-state index in [9.17, 15) is 9.90 Å². The van der Waals surface area contributed by atoms with Gasteiger partial charge < -0.3 is 10.0 Å². The Morgan fingerprint density at radius 1 is 1.30 bits per heavy atom. The number of amides is 1. The largest absolute Gasteiger partial charge is 0.508 e. The van der Waals surface area contributed by atoms with Gasteiger partial charge in [-0.3, -0.25) is 4.79 Å². The summed E-state index contributed by atoms with van der Waals surface area (Å²) in [6, 6.07) is 7.04. The second-order valence-electron chi connectivity index (χ2n) is 7.70. The first-order chi connectivity index (χ1) is 9.28. The molecule has 3 heteroatoms. The number of hydrogen-bond acceptors (Lipinski definition) is 2. The third kappa shape index (κ3) is 2.30. The molecule has 1 aromatic rings. The van der Waals surface area contributed by atoms with E-state index >= 15 is 0 Å². The van der Waals surface area contributed by atoms with Crippen LogP contribution in [0.2, 0.25) is 0 Å². The number of nitrogens with zero attached hydrogens (tertiary/aromatic N) is 1. The first-order valence-electron chi connectivity index (χ1n) is 7.38. The van der Waals surface area contributed by atoms with Gasteiger partial charge in [-0.25, -0.2) is 0 Å². The highest BCUT2D eigenvalue weighted by Crippen LogP contribution is 2.52. The quantitative estimate of drug-likeness (QED) is 0.851.